The smallest absolute Gasteiger partial charge is 0.302 e. The maximum atomic E-state index is 11.9. The third-order valence-corrected chi connectivity index (χ3v) is 8.86. The summed E-state index contributed by atoms with van der Waals surface area (Å²) in [5, 5.41) is 19.8. The summed E-state index contributed by atoms with van der Waals surface area (Å²) in [5.74, 6) is 0.675. The van der Waals surface area contributed by atoms with Crippen molar-refractivity contribution in [2.24, 2.45) is 17.8 Å². The van der Waals surface area contributed by atoms with Crippen molar-refractivity contribution in [2.45, 2.75) is 50.5 Å². The molecule has 0 radical (unpaired) electrons. The van der Waals surface area contributed by atoms with Crippen LogP contribution in [0.1, 0.15) is 50.2 Å². The van der Waals surface area contributed by atoms with Gasteiger partial charge in [-0.2, -0.15) is 10.5 Å². The first-order valence-corrected chi connectivity index (χ1v) is 13.6. The highest BCUT2D eigenvalue weighted by Crippen LogP contribution is 2.51. The number of nitriles is 2. The van der Waals surface area contributed by atoms with Crippen molar-refractivity contribution < 1.29 is 9.53 Å². The van der Waals surface area contributed by atoms with Gasteiger partial charge in [0.2, 0.25) is 0 Å². The van der Waals surface area contributed by atoms with Gasteiger partial charge in [-0.1, -0.05) is 30.3 Å². The predicted molar refractivity (Wildman–Crippen MR) is 143 cm³/mol. The Balaban J connectivity index is 1.24. The zero-order valence-electron chi connectivity index (χ0n) is 21.7. The third kappa shape index (κ3) is 5.09. The Morgan fingerprint density at radius 1 is 1.00 bits per heavy atom. The van der Waals surface area contributed by atoms with E-state index in [2.05, 4.69) is 34.1 Å². The van der Waals surface area contributed by atoms with E-state index in [1.54, 1.807) is 0 Å². The quantitative estimate of drug-likeness (QED) is 0.507. The summed E-state index contributed by atoms with van der Waals surface area (Å²) < 4.78 is 5.78. The van der Waals surface area contributed by atoms with E-state index < -0.39 is 5.41 Å². The fourth-order valence-electron chi connectivity index (χ4n) is 7.09. The Labute approximate surface area is 220 Å². The van der Waals surface area contributed by atoms with E-state index in [9.17, 15) is 10.1 Å². The van der Waals surface area contributed by atoms with Crippen molar-refractivity contribution in [3.63, 3.8) is 0 Å². The summed E-state index contributed by atoms with van der Waals surface area (Å²) in [7, 11) is 0. The monoisotopic (exact) mass is 496 g/mol. The Hall–Kier alpha value is -3.35. The SMILES string of the molecule is CC(=O)O[C@H]1CCC[C@@H]1C(C#N)(c1ccccc1)C1CCN(CC2CN(c3ccc(C#N)cc3)C2)CC1. The van der Waals surface area contributed by atoms with Crippen LogP contribution in [0.4, 0.5) is 5.69 Å². The van der Waals surface area contributed by atoms with E-state index in [1.807, 2.05) is 42.5 Å². The van der Waals surface area contributed by atoms with Gasteiger partial charge >= 0.3 is 5.97 Å². The van der Waals surface area contributed by atoms with Gasteiger partial charge in [0.05, 0.1) is 23.1 Å². The van der Waals surface area contributed by atoms with Crippen LogP contribution in [0.15, 0.2) is 54.6 Å². The molecule has 1 saturated carbocycles. The number of nitrogens with zero attached hydrogens (tertiary/aromatic N) is 4. The number of rotatable bonds is 7. The van der Waals surface area contributed by atoms with Crippen LogP contribution in [-0.2, 0) is 14.9 Å². The standard InChI is InChI=1S/C31H36N4O2/c1-23(36)37-30-9-5-8-29(30)31(22-33,26-6-3-2-4-7-26)27-14-16-34(17-15-27)19-25-20-35(21-25)28-12-10-24(18-32)11-13-28/h2-4,6-7,10-13,25,27,29-30H,5,8-9,14-17,19-21H2,1H3/t29-,30-,31?/m0/s1. The lowest BCUT2D eigenvalue weighted by molar-refractivity contribution is -0.149. The molecule has 2 saturated heterocycles. The van der Waals surface area contributed by atoms with Gasteiger partial charge in [0, 0.05) is 44.1 Å². The molecule has 1 unspecified atom stereocenters. The summed E-state index contributed by atoms with van der Waals surface area (Å²) in [6, 6.07) is 23.1. The zero-order valence-corrected chi connectivity index (χ0v) is 21.7. The lowest BCUT2D eigenvalue weighted by Gasteiger charge is -2.47. The van der Waals surface area contributed by atoms with Gasteiger partial charge in [0.15, 0.2) is 0 Å². The first kappa shape index (κ1) is 25.3. The number of ether oxygens (including phenoxy) is 1. The van der Waals surface area contributed by atoms with E-state index in [4.69, 9.17) is 10.00 Å². The van der Waals surface area contributed by atoms with Crippen molar-refractivity contribution in [1.29, 1.82) is 10.5 Å². The second-order valence-electron chi connectivity index (χ2n) is 11.0. The Morgan fingerprint density at radius 2 is 1.70 bits per heavy atom. The van der Waals surface area contributed by atoms with Crippen LogP contribution in [-0.4, -0.2) is 49.7 Å². The summed E-state index contributed by atoms with van der Waals surface area (Å²) in [4.78, 5) is 16.8. The molecule has 3 fully saturated rings. The summed E-state index contributed by atoms with van der Waals surface area (Å²) >= 11 is 0. The summed E-state index contributed by atoms with van der Waals surface area (Å²) in [6.45, 7) is 6.66. The van der Waals surface area contributed by atoms with Crippen molar-refractivity contribution >= 4 is 11.7 Å². The second kappa shape index (κ2) is 11.0. The molecule has 0 bridgehead atoms. The minimum absolute atomic E-state index is 0.0351. The molecule has 2 aliphatic heterocycles. The molecular formula is C31H36N4O2. The number of benzene rings is 2. The van der Waals surface area contributed by atoms with Gasteiger partial charge in [-0.15, -0.1) is 0 Å². The van der Waals surface area contributed by atoms with Gasteiger partial charge in [-0.05, 0) is 80.9 Å². The van der Waals surface area contributed by atoms with Crippen LogP contribution in [0.2, 0.25) is 0 Å². The Morgan fingerprint density at radius 3 is 2.32 bits per heavy atom. The molecule has 6 nitrogen and oxygen atoms in total. The maximum Gasteiger partial charge on any atom is 0.302 e. The highest BCUT2D eigenvalue weighted by molar-refractivity contribution is 5.66. The molecule has 2 heterocycles. The maximum absolute atomic E-state index is 11.9. The van der Waals surface area contributed by atoms with E-state index in [-0.39, 0.29) is 23.9 Å². The molecule has 37 heavy (non-hydrogen) atoms. The van der Waals surface area contributed by atoms with Gasteiger partial charge < -0.3 is 14.5 Å². The van der Waals surface area contributed by atoms with E-state index in [1.165, 1.54) is 12.6 Å². The largest absolute Gasteiger partial charge is 0.462 e. The topological polar surface area (TPSA) is 80.4 Å². The molecule has 1 aliphatic carbocycles. The fraction of sp³-hybridized carbons (Fsp3) is 0.516. The number of carbonyl (C=O) groups is 1. The van der Waals surface area contributed by atoms with Crippen LogP contribution < -0.4 is 4.90 Å². The van der Waals surface area contributed by atoms with Crippen LogP contribution in [0.3, 0.4) is 0 Å². The van der Waals surface area contributed by atoms with Crippen LogP contribution in [0.5, 0.6) is 0 Å². The van der Waals surface area contributed by atoms with Crippen molar-refractivity contribution in [3.05, 3.63) is 65.7 Å². The highest BCUT2D eigenvalue weighted by Gasteiger charge is 2.53. The molecule has 3 atom stereocenters. The number of hydrogen-bond donors (Lipinski definition) is 0. The number of piperidine rings is 1. The molecule has 5 rings (SSSR count). The molecule has 192 valence electrons. The normalized spacial score (nSPS) is 24.5. The van der Waals surface area contributed by atoms with E-state index >= 15 is 0 Å². The number of esters is 1. The van der Waals surface area contributed by atoms with Crippen molar-refractivity contribution in [2.75, 3.05) is 37.6 Å². The van der Waals surface area contributed by atoms with Gasteiger partial charge in [0.1, 0.15) is 6.10 Å². The lowest BCUT2D eigenvalue weighted by atomic mass is 9.59. The number of carbonyl (C=O) groups excluding carboxylic acids is 1. The van der Waals surface area contributed by atoms with Crippen molar-refractivity contribution in [3.8, 4) is 12.1 Å². The van der Waals surface area contributed by atoms with Crippen LogP contribution >= 0.6 is 0 Å². The van der Waals surface area contributed by atoms with E-state index in [0.29, 0.717) is 11.5 Å². The average Bonchev–Trinajstić information content (AvgIpc) is 3.36. The first-order chi connectivity index (χ1) is 18.0. The fourth-order valence-corrected chi connectivity index (χ4v) is 7.09. The molecule has 2 aromatic rings. The highest BCUT2D eigenvalue weighted by atomic mass is 16.5. The predicted octanol–water partition coefficient (Wildman–Crippen LogP) is 4.90. The minimum atomic E-state index is -0.632. The second-order valence-corrected chi connectivity index (χ2v) is 11.0. The summed E-state index contributed by atoms with van der Waals surface area (Å²) in [5.41, 5.74) is 2.34. The van der Waals surface area contributed by atoms with Gasteiger partial charge in [-0.3, -0.25) is 4.79 Å². The number of likely N-dealkylation sites (tertiary alicyclic amines) is 1. The number of hydrogen-bond acceptors (Lipinski definition) is 6. The minimum Gasteiger partial charge on any atom is -0.462 e. The van der Waals surface area contributed by atoms with Gasteiger partial charge in [0.25, 0.3) is 0 Å². The molecular weight excluding hydrogens is 460 g/mol. The molecule has 2 aromatic carbocycles. The first-order valence-electron chi connectivity index (χ1n) is 13.6. The molecule has 0 amide bonds. The van der Waals surface area contributed by atoms with Gasteiger partial charge in [-0.25, -0.2) is 0 Å². The average molecular weight is 497 g/mol. The lowest BCUT2D eigenvalue weighted by Crippen LogP contribution is -2.54. The van der Waals surface area contributed by atoms with Crippen LogP contribution in [0, 0.1) is 40.4 Å². The molecule has 0 N–H and O–H groups in total. The molecule has 3 aliphatic rings. The zero-order chi connectivity index (χ0) is 25.8. The van der Waals surface area contributed by atoms with E-state index in [0.717, 1.165) is 70.4 Å². The Kier molecular flexibility index (Phi) is 7.49. The number of anilines is 1. The molecule has 0 spiro atoms. The molecule has 6 heteroatoms. The van der Waals surface area contributed by atoms with Crippen molar-refractivity contribution in [1.82, 2.24) is 4.90 Å². The Bertz CT molecular complexity index is 1150. The third-order valence-electron chi connectivity index (χ3n) is 8.86. The summed E-state index contributed by atoms with van der Waals surface area (Å²) in [6.07, 6.45) is 4.55. The van der Waals surface area contributed by atoms with Crippen LogP contribution in [0.25, 0.3) is 0 Å². The molecule has 0 aromatic heterocycles.